The van der Waals surface area contributed by atoms with Gasteiger partial charge in [-0.25, -0.2) is 14.8 Å². The highest BCUT2D eigenvalue weighted by atomic mass is 16.4. The molecule has 6 heteroatoms. The number of rotatable bonds is 6. The minimum Gasteiger partial charge on any atom is -0.477 e. The van der Waals surface area contributed by atoms with Crippen molar-refractivity contribution >= 4 is 11.8 Å². The molecule has 2 heterocycles. The van der Waals surface area contributed by atoms with Crippen molar-refractivity contribution in [3.63, 3.8) is 0 Å². The molecule has 2 N–H and O–H groups in total. The van der Waals surface area contributed by atoms with Gasteiger partial charge in [0, 0.05) is 25.5 Å². The van der Waals surface area contributed by atoms with Crippen LogP contribution >= 0.6 is 0 Å². The van der Waals surface area contributed by atoms with Crippen molar-refractivity contribution in [2.45, 2.75) is 13.0 Å². The third-order valence-electron chi connectivity index (χ3n) is 2.43. The second-order valence-corrected chi connectivity index (χ2v) is 3.79. The van der Waals surface area contributed by atoms with Crippen molar-refractivity contribution in [1.82, 2.24) is 14.5 Å². The van der Waals surface area contributed by atoms with Gasteiger partial charge in [-0.3, -0.25) is 0 Å². The van der Waals surface area contributed by atoms with E-state index in [4.69, 9.17) is 5.11 Å². The number of carbonyl (C=O) groups is 1. The molecular weight excluding hydrogens is 232 g/mol. The van der Waals surface area contributed by atoms with E-state index in [0.29, 0.717) is 5.82 Å². The predicted molar refractivity (Wildman–Crippen MR) is 66.5 cm³/mol. The van der Waals surface area contributed by atoms with E-state index in [2.05, 4.69) is 15.3 Å². The second-order valence-electron chi connectivity index (χ2n) is 3.79. The van der Waals surface area contributed by atoms with Gasteiger partial charge in [-0.2, -0.15) is 0 Å². The molecular formula is C12H14N4O2. The summed E-state index contributed by atoms with van der Waals surface area (Å²) in [5, 5.41) is 11.9. The molecule has 2 rings (SSSR count). The molecule has 6 nitrogen and oxygen atoms in total. The van der Waals surface area contributed by atoms with Gasteiger partial charge in [0.15, 0.2) is 5.69 Å². The fourth-order valence-corrected chi connectivity index (χ4v) is 1.55. The summed E-state index contributed by atoms with van der Waals surface area (Å²) in [7, 11) is 0. The van der Waals surface area contributed by atoms with Crippen LogP contribution in [0.15, 0.2) is 36.9 Å². The molecule has 2 aromatic heterocycles. The van der Waals surface area contributed by atoms with Gasteiger partial charge >= 0.3 is 5.97 Å². The zero-order valence-corrected chi connectivity index (χ0v) is 9.78. The van der Waals surface area contributed by atoms with Crippen molar-refractivity contribution in [1.29, 1.82) is 0 Å². The van der Waals surface area contributed by atoms with Crippen molar-refractivity contribution in [3.05, 3.63) is 42.6 Å². The third-order valence-corrected chi connectivity index (χ3v) is 2.43. The monoisotopic (exact) mass is 246 g/mol. The Morgan fingerprint density at radius 3 is 3.06 bits per heavy atom. The van der Waals surface area contributed by atoms with Gasteiger partial charge in [0.25, 0.3) is 0 Å². The molecule has 0 atom stereocenters. The second kappa shape index (κ2) is 5.81. The van der Waals surface area contributed by atoms with Crippen LogP contribution in [0.2, 0.25) is 0 Å². The molecule has 0 aliphatic rings. The van der Waals surface area contributed by atoms with Crippen LogP contribution in [0.5, 0.6) is 0 Å². The van der Waals surface area contributed by atoms with Crippen LogP contribution in [0.1, 0.15) is 16.9 Å². The molecule has 0 aromatic carbocycles. The zero-order chi connectivity index (χ0) is 12.8. The van der Waals surface area contributed by atoms with Crippen molar-refractivity contribution in [2.75, 3.05) is 11.9 Å². The first-order chi connectivity index (χ1) is 8.75. The molecule has 0 aliphatic carbocycles. The summed E-state index contributed by atoms with van der Waals surface area (Å²) >= 11 is 0. The lowest BCUT2D eigenvalue weighted by Crippen LogP contribution is -2.08. The molecule has 0 unspecified atom stereocenters. The zero-order valence-electron chi connectivity index (χ0n) is 9.78. The van der Waals surface area contributed by atoms with E-state index in [0.717, 1.165) is 19.5 Å². The Kier molecular flexibility index (Phi) is 3.90. The lowest BCUT2D eigenvalue weighted by Gasteiger charge is -2.06. The van der Waals surface area contributed by atoms with Crippen LogP contribution in [-0.4, -0.2) is 32.2 Å². The summed E-state index contributed by atoms with van der Waals surface area (Å²) in [6.45, 7) is 1.60. The SMILES string of the molecule is O=C(O)c1cccc(NCCCn2ccnc2)n1. The van der Waals surface area contributed by atoms with Crippen molar-refractivity contribution < 1.29 is 9.90 Å². The van der Waals surface area contributed by atoms with E-state index < -0.39 is 5.97 Å². The molecule has 2 aromatic rings. The molecule has 0 aliphatic heterocycles. The van der Waals surface area contributed by atoms with Gasteiger partial charge in [-0.05, 0) is 18.6 Å². The molecule has 18 heavy (non-hydrogen) atoms. The fourth-order valence-electron chi connectivity index (χ4n) is 1.55. The summed E-state index contributed by atoms with van der Waals surface area (Å²) in [6, 6.07) is 4.90. The summed E-state index contributed by atoms with van der Waals surface area (Å²) in [4.78, 5) is 18.7. The minimum atomic E-state index is -1.02. The number of carboxylic acids is 1. The van der Waals surface area contributed by atoms with Crippen LogP contribution in [-0.2, 0) is 6.54 Å². The number of pyridine rings is 1. The maximum absolute atomic E-state index is 10.7. The molecule has 94 valence electrons. The number of hydrogen-bond donors (Lipinski definition) is 2. The number of nitrogens with one attached hydrogen (secondary N) is 1. The van der Waals surface area contributed by atoms with E-state index in [9.17, 15) is 4.79 Å². The van der Waals surface area contributed by atoms with Gasteiger partial charge in [0.1, 0.15) is 5.82 Å². The number of nitrogens with zero attached hydrogens (tertiary/aromatic N) is 3. The molecule has 0 spiro atoms. The normalized spacial score (nSPS) is 10.2. The number of anilines is 1. The van der Waals surface area contributed by atoms with E-state index in [1.54, 1.807) is 24.7 Å². The van der Waals surface area contributed by atoms with Gasteiger partial charge in [-0.1, -0.05) is 6.07 Å². The van der Waals surface area contributed by atoms with Crippen molar-refractivity contribution in [2.24, 2.45) is 0 Å². The van der Waals surface area contributed by atoms with Gasteiger partial charge in [0.2, 0.25) is 0 Å². The predicted octanol–water partition coefficient (Wildman–Crippen LogP) is 1.48. The van der Waals surface area contributed by atoms with Crippen LogP contribution in [0, 0.1) is 0 Å². The average Bonchev–Trinajstić information content (AvgIpc) is 2.88. The van der Waals surface area contributed by atoms with E-state index in [1.165, 1.54) is 6.07 Å². The number of hydrogen-bond acceptors (Lipinski definition) is 4. The summed E-state index contributed by atoms with van der Waals surface area (Å²) < 4.78 is 1.99. The lowest BCUT2D eigenvalue weighted by molar-refractivity contribution is 0.0690. The highest BCUT2D eigenvalue weighted by Gasteiger charge is 2.04. The first-order valence-electron chi connectivity index (χ1n) is 5.65. The van der Waals surface area contributed by atoms with Crippen LogP contribution < -0.4 is 5.32 Å². The quantitative estimate of drug-likeness (QED) is 0.754. The van der Waals surface area contributed by atoms with Crippen LogP contribution in [0.3, 0.4) is 0 Å². The Labute approximate surface area is 104 Å². The van der Waals surface area contributed by atoms with Gasteiger partial charge in [-0.15, -0.1) is 0 Å². The van der Waals surface area contributed by atoms with Crippen LogP contribution in [0.4, 0.5) is 5.82 Å². The maximum atomic E-state index is 10.7. The molecule has 0 radical (unpaired) electrons. The van der Waals surface area contributed by atoms with Crippen molar-refractivity contribution in [3.8, 4) is 0 Å². The van der Waals surface area contributed by atoms with Gasteiger partial charge < -0.3 is 15.0 Å². The average molecular weight is 246 g/mol. The number of aromatic carboxylic acids is 1. The standard InChI is InChI=1S/C12H14N4O2/c17-12(18)10-3-1-4-11(15-10)14-5-2-7-16-8-6-13-9-16/h1,3-4,6,8-9H,2,5,7H2,(H,14,15)(H,17,18). The third kappa shape index (κ3) is 3.31. The number of aryl methyl sites for hydroxylation is 1. The Bertz CT molecular complexity index is 511. The molecule has 0 saturated heterocycles. The van der Waals surface area contributed by atoms with Gasteiger partial charge in [0.05, 0.1) is 6.33 Å². The first kappa shape index (κ1) is 12.1. The van der Waals surface area contributed by atoms with E-state index in [-0.39, 0.29) is 5.69 Å². The smallest absolute Gasteiger partial charge is 0.354 e. The molecule has 0 amide bonds. The summed E-state index contributed by atoms with van der Waals surface area (Å²) in [5.74, 6) is -0.433. The largest absolute Gasteiger partial charge is 0.477 e. The lowest BCUT2D eigenvalue weighted by atomic mass is 10.3. The summed E-state index contributed by atoms with van der Waals surface area (Å²) in [5.41, 5.74) is 0.0506. The Morgan fingerprint density at radius 1 is 1.44 bits per heavy atom. The molecule has 0 fully saturated rings. The highest BCUT2D eigenvalue weighted by molar-refractivity contribution is 5.85. The molecule has 0 saturated carbocycles. The summed E-state index contributed by atoms with van der Waals surface area (Å²) in [6.07, 6.45) is 6.33. The minimum absolute atomic E-state index is 0.0506. The highest BCUT2D eigenvalue weighted by Crippen LogP contribution is 2.05. The maximum Gasteiger partial charge on any atom is 0.354 e. The van der Waals surface area contributed by atoms with E-state index >= 15 is 0 Å². The topological polar surface area (TPSA) is 80.0 Å². The Morgan fingerprint density at radius 2 is 2.33 bits per heavy atom. The molecule has 0 bridgehead atoms. The van der Waals surface area contributed by atoms with E-state index in [1.807, 2.05) is 10.8 Å². The Hall–Kier alpha value is -2.37. The first-order valence-corrected chi connectivity index (χ1v) is 5.65. The number of aromatic nitrogens is 3. The fraction of sp³-hybridized carbons (Fsp3) is 0.250. The van der Waals surface area contributed by atoms with Crippen LogP contribution in [0.25, 0.3) is 0 Å². The number of carboxylic acid groups (broad SMARTS) is 1. The number of imidazole rings is 1. The Balaban J connectivity index is 1.79.